The topological polar surface area (TPSA) is 12.0 Å². The predicted octanol–water partition coefficient (Wildman–Crippen LogP) is 6.78. The number of hydrogen-bond donors (Lipinski definition) is 1. The molecule has 0 saturated carbocycles. The van der Waals surface area contributed by atoms with Crippen molar-refractivity contribution in [2.75, 3.05) is 0 Å². The zero-order chi connectivity index (χ0) is 20.4. The highest BCUT2D eigenvalue weighted by Crippen LogP contribution is 2.34. The van der Waals surface area contributed by atoms with Gasteiger partial charge in [0.1, 0.15) is 0 Å². The minimum Gasteiger partial charge on any atom is -0.309 e. The summed E-state index contributed by atoms with van der Waals surface area (Å²) in [7, 11) is 0. The Balaban J connectivity index is 1.71. The third-order valence-electron chi connectivity index (χ3n) is 6.44. The van der Waals surface area contributed by atoms with E-state index in [9.17, 15) is 0 Å². The summed E-state index contributed by atoms with van der Waals surface area (Å²) in [5.74, 6) is 1.48. The quantitative estimate of drug-likeness (QED) is 0.512. The van der Waals surface area contributed by atoms with E-state index in [0.29, 0.717) is 23.8 Å². The van der Waals surface area contributed by atoms with Crippen molar-refractivity contribution in [3.63, 3.8) is 0 Å². The normalized spacial score (nSPS) is 16.4. The van der Waals surface area contributed by atoms with Gasteiger partial charge in [-0.2, -0.15) is 0 Å². The van der Waals surface area contributed by atoms with E-state index < -0.39 is 0 Å². The minimum absolute atomic E-state index is 0.353. The molecular formula is C28H33N. The lowest BCUT2D eigenvalue weighted by molar-refractivity contribution is 0.438. The van der Waals surface area contributed by atoms with Crippen LogP contribution in [0.25, 0.3) is 0 Å². The third kappa shape index (κ3) is 4.31. The Morgan fingerprint density at radius 2 is 1.07 bits per heavy atom. The SMILES string of the molecule is CC(C)c1ccc(C(c2ccc(C(C)C)cc2)[C@H]2Cc3ccccc3CN2)cc1. The summed E-state index contributed by atoms with van der Waals surface area (Å²) >= 11 is 0. The Hall–Kier alpha value is -2.38. The highest BCUT2D eigenvalue weighted by atomic mass is 14.9. The minimum atomic E-state index is 0.353. The van der Waals surface area contributed by atoms with Crippen LogP contribution >= 0.6 is 0 Å². The maximum absolute atomic E-state index is 3.85. The van der Waals surface area contributed by atoms with Crippen molar-refractivity contribution in [2.24, 2.45) is 0 Å². The molecule has 0 bridgehead atoms. The van der Waals surface area contributed by atoms with Crippen LogP contribution in [-0.2, 0) is 13.0 Å². The summed E-state index contributed by atoms with van der Waals surface area (Å²) in [5, 5.41) is 3.85. The van der Waals surface area contributed by atoms with Crippen molar-refractivity contribution in [3.8, 4) is 0 Å². The molecule has 0 spiro atoms. The standard InChI is InChI=1S/C28H33N/c1-19(2)21-9-13-23(14-10-21)28(24-15-11-22(12-16-24)20(3)4)27-17-25-7-5-6-8-26(25)18-29-27/h5-16,19-20,27-29H,17-18H2,1-4H3/t27-/m1/s1. The van der Waals surface area contributed by atoms with Gasteiger partial charge in [-0.1, -0.05) is 100 Å². The summed E-state index contributed by atoms with van der Waals surface area (Å²) in [5.41, 5.74) is 8.55. The molecule has 3 aromatic carbocycles. The summed E-state index contributed by atoms with van der Waals surface area (Å²) in [6.07, 6.45) is 1.07. The molecule has 3 aromatic rings. The molecule has 4 rings (SSSR count). The van der Waals surface area contributed by atoms with Gasteiger partial charge in [-0.15, -0.1) is 0 Å². The fourth-order valence-electron chi connectivity index (χ4n) is 4.55. The van der Waals surface area contributed by atoms with Gasteiger partial charge in [0.2, 0.25) is 0 Å². The number of nitrogens with one attached hydrogen (secondary N) is 1. The van der Waals surface area contributed by atoms with Crippen LogP contribution < -0.4 is 5.32 Å². The second-order valence-corrected chi connectivity index (χ2v) is 9.08. The van der Waals surface area contributed by atoms with Gasteiger partial charge in [0, 0.05) is 18.5 Å². The van der Waals surface area contributed by atoms with Crippen molar-refractivity contribution >= 4 is 0 Å². The molecule has 0 unspecified atom stereocenters. The van der Waals surface area contributed by atoms with Crippen LogP contribution in [0.15, 0.2) is 72.8 Å². The van der Waals surface area contributed by atoms with Crippen molar-refractivity contribution in [3.05, 3.63) is 106 Å². The molecule has 0 fully saturated rings. The maximum Gasteiger partial charge on any atom is 0.0246 e. The summed E-state index contributed by atoms with van der Waals surface area (Å²) in [6.45, 7) is 9.99. The molecule has 0 saturated heterocycles. The van der Waals surface area contributed by atoms with E-state index in [1.807, 2.05) is 0 Å². The number of hydrogen-bond acceptors (Lipinski definition) is 1. The molecular weight excluding hydrogens is 350 g/mol. The van der Waals surface area contributed by atoms with Crippen LogP contribution in [0.5, 0.6) is 0 Å². The monoisotopic (exact) mass is 383 g/mol. The van der Waals surface area contributed by atoms with Crippen LogP contribution in [0, 0.1) is 0 Å². The van der Waals surface area contributed by atoms with Gasteiger partial charge in [0.05, 0.1) is 0 Å². The van der Waals surface area contributed by atoms with Gasteiger partial charge in [-0.3, -0.25) is 0 Å². The van der Waals surface area contributed by atoms with Crippen LogP contribution in [0.3, 0.4) is 0 Å². The first-order chi connectivity index (χ1) is 14.0. The lowest BCUT2D eigenvalue weighted by Crippen LogP contribution is -2.40. The Kier molecular flexibility index (Phi) is 5.87. The largest absolute Gasteiger partial charge is 0.309 e. The van der Waals surface area contributed by atoms with Gasteiger partial charge < -0.3 is 5.32 Å². The molecule has 0 amide bonds. The first kappa shape index (κ1) is 19.9. The van der Waals surface area contributed by atoms with Crippen LogP contribution in [0.1, 0.15) is 78.8 Å². The number of fused-ring (bicyclic) bond motifs is 1. The molecule has 0 aromatic heterocycles. The fraction of sp³-hybridized carbons (Fsp3) is 0.357. The van der Waals surface area contributed by atoms with E-state index in [2.05, 4.69) is 106 Å². The highest BCUT2D eigenvalue weighted by molar-refractivity contribution is 5.40. The van der Waals surface area contributed by atoms with E-state index in [4.69, 9.17) is 0 Å². The summed E-state index contributed by atoms with van der Waals surface area (Å²) < 4.78 is 0. The average Bonchev–Trinajstić information content (AvgIpc) is 2.74. The van der Waals surface area contributed by atoms with E-state index >= 15 is 0 Å². The van der Waals surface area contributed by atoms with Crippen LogP contribution in [0.2, 0.25) is 0 Å². The molecule has 0 aliphatic carbocycles. The second-order valence-electron chi connectivity index (χ2n) is 9.08. The van der Waals surface area contributed by atoms with Crippen LogP contribution in [0.4, 0.5) is 0 Å². The molecule has 1 aliphatic heterocycles. The van der Waals surface area contributed by atoms with Crippen molar-refractivity contribution < 1.29 is 0 Å². The average molecular weight is 384 g/mol. The third-order valence-corrected chi connectivity index (χ3v) is 6.44. The molecule has 1 nitrogen and oxygen atoms in total. The van der Waals surface area contributed by atoms with Gasteiger partial charge in [0.15, 0.2) is 0 Å². The van der Waals surface area contributed by atoms with E-state index in [1.54, 1.807) is 0 Å². The summed E-state index contributed by atoms with van der Waals surface area (Å²) in [4.78, 5) is 0. The van der Waals surface area contributed by atoms with Gasteiger partial charge in [0.25, 0.3) is 0 Å². The first-order valence-corrected chi connectivity index (χ1v) is 11.0. The lowest BCUT2D eigenvalue weighted by Gasteiger charge is -2.34. The maximum atomic E-state index is 3.85. The Morgan fingerprint density at radius 3 is 1.55 bits per heavy atom. The molecule has 1 atom stereocenters. The van der Waals surface area contributed by atoms with E-state index in [1.165, 1.54) is 33.4 Å². The second kappa shape index (κ2) is 8.55. The number of rotatable bonds is 5. The molecule has 1 heterocycles. The van der Waals surface area contributed by atoms with Gasteiger partial charge in [-0.25, -0.2) is 0 Å². The molecule has 1 N–H and O–H groups in total. The molecule has 1 heteroatoms. The van der Waals surface area contributed by atoms with Gasteiger partial charge in [-0.05, 0) is 51.6 Å². The Bertz CT molecular complexity index is 883. The number of benzene rings is 3. The zero-order valence-electron chi connectivity index (χ0n) is 18.2. The van der Waals surface area contributed by atoms with Crippen molar-refractivity contribution in [1.82, 2.24) is 5.32 Å². The Labute approximate surface area is 176 Å². The summed E-state index contributed by atoms with van der Waals surface area (Å²) in [6, 6.07) is 27.9. The molecule has 29 heavy (non-hydrogen) atoms. The van der Waals surface area contributed by atoms with Gasteiger partial charge >= 0.3 is 0 Å². The Morgan fingerprint density at radius 1 is 0.621 bits per heavy atom. The zero-order valence-corrected chi connectivity index (χ0v) is 18.2. The smallest absolute Gasteiger partial charge is 0.0246 e. The molecule has 150 valence electrons. The van der Waals surface area contributed by atoms with E-state index in [0.717, 1.165) is 13.0 Å². The van der Waals surface area contributed by atoms with Crippen molar-refractivity contribution in [1.29, 1.82) is 0 Å². The fourth-order valence-corrected chi connectivity index (χ4v) is 4.55. The lowest BCUT2D eigenvalue weighted by atomic mass is 9.79. The van der Waals surface area contributed by atoms with Crippen LogP contribution in [-0.4, -0.2) is 6.04 Å². The van der Waals surface area contributed by atoms with Crippen molar-refractivity contribution in [2.45, 2.75) is 64.5 Å². The van der Waals surface area contributed by atoms with E-state index in [-0.39, 0.29) is 0 Å². The molecule has 1 aliphatic rings. The highest BCUT2D eigenvalue weighted by Gasteiger charge is 2.28. The molecule has 0 radical (unpaired) electrons. The first-order valence-electron chi connectivity index (χ1n) is 11.0. The predicted molar refractivity (Wildman–Crippen MR) is 124 cm³/mol.